The molecule has 0 saturated heterocycles. The molecule has 2 aromatic rings. The van der Waals surface area contributed by atoms with Gasteiger partial charge in [0.1, 0.15) is 5.75 Å². The molecule has 0 aliphatic rings. The molecule has 2 atom stereocenters. The van der Waals surface area contributed by atoms with E-state index in [1.807, 2.05) is 62.4 Å². The molecule has 2 aromatic carbocycles. The van der Waals surface area contributed by atoms with Crippen LogP contribution in [0.15, 0.2) is 48.5 Å². The van der Waals surface area contributed by atoms with Crippen LogP contribution in [-0.2, 0) is 16.0 Å². The SMILES string of the molecule is COc1cccc(C(C)CC(=O)NCC(Cc2cccc(C)c2)C(=O)O)c1. The van der Waals surface area contributed by atoms with E-state index >= 15 is 0 Å². The van der Waals surface area contributed by atoms with Gasteiger partial charge in [-0.25, -0.2) is 0 Å². The number of ether oxygens (including phenoxy) is 1. The van der Waals surface area contributed by atoms with E-state index in [0.29, 0.717) is 12.8 Å². The van der Waals surface area contributed by atoms with E-state index in [9.17, 15) is 14.7 Å². The van der Waals surface area contributed by atoms with Crippen LogP contribution < -0.4 is 10.1 Å². The van der Waals surface area contributed by atoms with Crippen LogP contribution in [-0.4, -0.2) is 30.6 Å². The molecule has 0 aliphatic heterocycles. The molecule has 1 amide bonds. The zero-order valence-electron chi connectivity index (χ0n) is 16.1. The minimum atomic E-state index is -0.905. The van der Waals surface area contributed by atoms with Crippen molar-refractivity contribution in [3.63, 3.8) is 0 Å². The Balaban J connectivity index is 1.90. The Morgan fingerprint density at radius 2 is 1.89 bits per heavy atom. The van der Waals surface area contributed by atoms with Crippen molar-refractivity contribution in [2.24, 2.45) is 5.92 Å². The lowest BCUT2D eigenvalue weighted by molar-refractivity contribution is -0.141. The van der Waals surface area contributed by atoms with Gasteiger partial charge in [0, 0.05) is 13.0 Å². The molecular weight excluding hydrogens is 342 g/mol. The minimum Gasteiger partial charge on any atom is -0.497 e. The fourth-order valence-electron chi connectivity index (χ4n) is 3.02. The molecule has 0 radical (unpaired) electrons. The van der Waals surface area contributed by atoms with Crippen molar-refractivity contribution < 1.29 is 19.4 Å². The molecule has 5 nitrogen and oxygen atoms in total. The smallest absolute Gasteiger partial charge is 0.308 e. The van der Waals surface area contributed by atoms with Crippen molar-refractivity contribution in [1.82, 2.24) is 5.32 Å². The fourth-order valence-corrected chi connectivity index (χ4v) is 3.02. The van der Waals surface area contributed by atoms with Gasteiger partial charge in [0.15, 0.2) is 0 Å². The maximum Gasteiger partial charge on any atom is 0.308 e. The molecule has 2 unspecified atom stereocenters. The quantitative estimate of drug-likeness (QED) is 0.709. The highest BCUT2D eigenvalue weighted by Gasteiger charge is 2.20. The van der Waals surface area contributed by atoms with Crippen LogP contribution in [0.25, 0.3) is 0 Å². The third-order valence-electron chi connectivity index (χ3n) is 4.61. The maximum absolute atomic E-state index is 12.3. The average Bonchev–Trinajstić information content (AvgIpc) is 2.65. The van der Waals surface area contributed by atoms with E-state index in [2.05, 4.69) is 5.32 Å². The highest BCUT2D eigenvalue weighted by molar-refractivity contribution is 5.78. The molecule has 0 fully saturated rings. The summed E-state index contributed by atoms with van der Waals surface area (Å²) < 4.78 is 5.21. The van der Waals surface area contributed by atoms with Crippen molar-refractivity contribution in [1.29, 1.82) is 0 Å². The highest BCUT2D eigenvalue weighted by Crippen LogP contribution is 2.23. The van der Waals surface area contributed by atoms with Crippen LogP contribution in [0.1, 0.15) is 36.0 Å². The predicted octanol–water partition coefficient (Wildman–Crippen LogP) is 3.56. The monoisotopic (exact) mass is 369 g/mol. The molecule has 0 saturated carbocycles. The first kappa shape index (κ1) is 20.5. The second-order valence-corrected chi connectivity index (χ2v) is 6.91. The number of aryl methyl sites for hydroxylation is 1. The molecule has 2 N–H and O–H groups in total. The van der Waals surface area contributed by atoms with E-state index in [1.165, 1.54) is 0 Å². The van der Waals surface area contributed by atoms with Gasteiger partial charge in [0.25, 0.3) is 0 Å². The molecule has 2 rings (SSSR count). The number of hydrogen-bond acceptors (Lipinski definition) is 3. The number of amides is 1. The van der Waals surface area contributed by atoms with Crippen LogP contribution in [0.5, 0.6) is 5.75 Å². The average molecular weight is 369 g/mol. The van der Waals surface area contributed by atoms with Gasteiger partial charge in [0.2, 0.25) is 5.91 Å². The lowest BCUT2D eigenvalue weighted by atomic mass is 9.96. The summed E-state index contributed by atoms with van der Waals surface area (Å²) in [6.45, 7) is 4.06. The Morgan fingerprint density at radius 1 is 1.15 bits per heavy atom. The Hall–Kier alpha value is -2.82. The number of rotatable bonds is 9. The zero-order chi connectivity index (χ0) is 19.8. The van der Waals surface area contributed by atoms with Crippen LogP contribution >= 0.6 is 0 Å². The Bertz CT molecular complexity index is 787. The number of benzene rings is 2. The third kappa shape index (κ3) is 6.44. The standard InChI is InChI=1S/C22H27NO4/c1-15-6-4-7-17(10-15)12-19(22(25)26)14-23-21(24)11-16(2)18-8-5-9-20(13-18)27-3/h4-10,13,16,19H,11-12,14H2,1-3H3,(H,23,24)(H,25,26). The van der Waals surface area contributed by atoms with Crippen LogP contribution in [0.2, 0.25) is 0 Å². The first-order valence-electron chi connectivity index (χ1n) is 9.08. The van der Waals surface area contributed by atoms with Crippen LogP contribution in [0, 0.1) is 12.8 Å². The first-order valence-corrected chi connectivity index (χ1v) is 9.08. The van der Waals surface area contributed by atoms with E-state index in [-0.39, 0.29) is 18.4 Å². The molecule has 0 aromatic heterocycles. The fraction of sp³-hybridized carbons (Fsp3) is 0.364. The summed E-state index contributed by atoms with van der Waals surface area (Å²) in [6.07, 6.45) is 0.687. The summed E-state index contributed by atoms with van der Waals surface area (Å²) in [4.78, 5) is 23.8. The van der Waals surface area contributed by atoms with Gasteiger partial charge in [-0.3, -0.25) is 9.59 Å². The van der Waals surface area contributed by atoms with Gasteiger partial charge >= 0.3 is 5.97 Å². The second kappa shape index (κ2) is 9.76. The number of hydrogen-bond donors (Lipinski definition) is 2. The minimum absolute atomic E-state index is 0.0140. The van der Waals surface area contributed by atoms with E-state index in [1.54, 1.807) is 7.11 Å². The lowest BCUT2D eigenvalue weighted by Gasteiger charge is -2.16. The second-order valence-electron chi connectivity index (χ2n) is 6.91. The summed E-state index contributed by atoms with van der Waals surface area (Å²) in [7, 11) is 1.61. The number of carboxylic acid groups (broad SMARTS) is 1. The summed E-state index contributed by atoms with van der Waals surface area (Å²) >= 11 is 0. The van der Waals surface area contributed by atoms with Gasteiger partial charge in [-0.1, -0.05) is 48.9 Å². The number of carbonyl (C=O) groups excluding carboxylic acids is 1. The molecule has 0 bridgehead atoms. The number of carboxylic acids is 1. The van der Waals surface area contributed by atoms with Gasteiger partial charge in [-0.2, -0.15) is 0 Å². The van der Waals surface area contributed by atoms with E-state index in [4.69, 9.17) is 4.74 Å². The van der Waals surface area contributed by atoms with Crippen molar-refractivity contribution >= 4 is 11.9 Å². The van der Waals surface area contributed by atoms with E-state index in [0.717, 1.165) is 22.4 Å². The normalized spacial score (nSPS) is 12.9. The number of aliphatic carboxylic acids is 1. The Labute approximate surface area is 160 Å². The molecule has 144 valence electrons. The first-order chi connectivity index (χ1) is 12.9. The number of methoxy groups -OCH3 is 1. The van der Waals surface area contributed by atoms with Crippen LogP contribution in [0.4, 0.5) is 0 Å². The Kier molecular flexibility index (Phi) is 7.41. The van der Waals surface area contributed by atoms with Crippen LogP contribution in [0.3, 0.4) is 0 Å². The molecule has 0 spiro atoms. The number of carbonyl (C=O) groups is 2. The third-order valence-corrected chi connectivity index (χ3v) is 4.61. The predicted molar refractivity (Wildman–Crippen MR) is 105 cm³/mol. The van der Waals surface area contributed by atoms with Gasteiger partial charge < -0.3 is 15.2 Å². The van der Waals surface area contributed by atoms with Gasteiger partial charge in [-0.15, -0.1) is 0 Å². The largest absolute Gasteiger partial charge is 0.497 e. The van der Waals surface area contributed by atoms with Crippen molar-refractivity contribution in [2.45, 2.75) is 32.6 Å². The molecular formula is C22H27NO4. The lowest BCUT2D eigenvalue weighted by Crippen LogP contribution is -2.34. The highest BCUT2D eigenvalue weighted by atomic mass is 16.5. The topological polar surface area (TPSA) is 75.6 Å². The van der Waals surface area contributed by atoms with E-state index < -0.39 is 11.9 Å². The summed E-state index contributed by atoms with van der Waals surface area (Å²) in [5, 5.41) is 12.2. The number of nitrogens with one attached hydrogen (secondary N) is 1. The summed E-state index contributed by atoms with van der Waals surface area (Å²) in [5.41, 5.74) is 3.06. The molecule has 27 heavy (non-hydrogen) atoms. The van der Waals surface area contributed by atoms with Gasteiger partial charge in [0.05, 0.1) is 13.0 Å². The van der Waals surface area contributed by atoms with Crippen molar-refractivity contribution in [3.05, 3.63) is 65.2 Å². The summed E-state index contributed by atoms with van der Waals surface area (Å²) in [5.74, 6) is -0.939. The van der Waals surface area contributed by atoms with Crippen molar-refractivity contribution in [2.75, 3.05) is 13.7 Å². The summed E-state index contributed by atoms with van der Waals surface area (Å²) in [6, 6.07) is 15.4. The Morgan fingerprint density at radius 3 is 2.56 bits per heavy atom. The van der Waals surface area contributed by atoms with Crippen molar-refractivity contribution in [3.8, 4) is 5.75 Å². The zero-order valence-corrected chi connectivity index (χ0v) is 16.1. The maximum atomic E-state index is 12.3. The molecule has 0 aliphatic carbocycles. The molecule has 0 heterocycles. The molecule has 5 heteroatoms. The van der Waals surface area contributed by atoms with Gasteiger partial charge in [-0.05, 0) is 42.5 Å².